The molecule has 0 aliphatic rings. The van der Waals surface area contributed by atoms with Gasteiger partial charge in [0.25, 0.3) is 0 Å². The molecule has 0 heterocycles. The Morgan fingerprint density at radius 3 is 2.08 bits per heavy atom. The molecule has 72 valence electrons. The van der Waals surface area contributed by atoms with Crippen LogP contribution in [0.1, 0.15) is 40.5 Å². The SMILES string of the molecule is CC(=O)[C@H](N)[C@H](C)CCC(C)C. The van der Waals surface area contributed by atoms with Crippen LogP contribution >= 0.6 is 0 Å². The molecule has 0 radical (unpaired) electrons. The number of ketones is 1. The first kappa shape index (κ1) is 11.6. The van der Waals surface area contributed by atoms with Crippen molar-refractivity contribution in [3.05, 3.63) is 0 Å². The predicted molar refractivity (Wildman–Crippen MR) is 51.9 cm³/mol. The molecule has 2 atom stereocenters. The summed E-state index contributed by atoms with van der Waals surface area (Å²) in [6, 6.07) is -0.260. The lowest BCUT2D eigenvalue weighted by Gasteiger charge is -2.17. The van der Waals surface area contributed by atoms with Crippen LogP contribution in [0.25, 0.3) is 0 Å². The summed E-state index contributed by atoms with van der Waals surface area (Å²) in [5.41, 5.74) is 5.70. The van der Waals surface area contributed by atoms with Gasteiger partial charge >= 0.3 is 0 Å². The van der Waals surface area contributed by atoms with Gasteiger partial charge in [0.15, 0.2) is 0 Å². The lowest BCUT2D eigenvalue weighted by atomic mass is 9.92. The Morgan fingerprint density at radius 2 is 1.75 bits per heavy atom. The zero-order chi connectivity index (χ0) is 9.72. The van der Waals surface area contributed by atoms with Crippen LogP contribution in [0.5, 0.6) is 0 Å². The van der Waals surface area contributed by atoms with E-state index in [4.69, 9.17) is 5.73 Å². The summed E-state index contributed by atoms with van der Waals surface area (Å²) in [4.78, 5) is 10.9. The molecule has 0 spiro atoms. The van der Waals surface area contributed by atoms with Gasteiger partial charge in [-0.2, -0.15) is 0 Å². The van der Waals surface area contributed by atoms with E-state index < -0.39 is 0 Å². The summed E-state index contributed by atoms with van der Waals surface area (Å²) in [5, 5.41) is 0. The summed E-state index contributed by atoms with van der Waals surface area (Å²) in [5.74, 6) is 1.13. The van der Waals surface area contributed by atoms with Crippen molar-refractivity contribution in [3.8, 4) is 0 Å². The fraction of sp³-hybridized carbons (Fsp3) is 0.900. The van der Waals surface area contributed by atoms with Crippen molar-refractivity contribution in [1.29, 1.82) is 0 Å². The Balaban J connectivity index is 3.71. The average Bonchev–Trinajstić information content (AvgIpc) is 1.98. The second kappa shape index (κ2) is 5.31. The summed E-state index contributed by atoms with van der Waals surface area (Å²) >= 11 is 0. The van der Waals surface area contributed by atoms with Crippen molar-refractivity contribution >= 4 is 5.78 Å². The van der Waals surface area contributed by atoms with E-state index in [9.17, 15) is 4.79 Å². The highest BCUT2D eigenvalue weighted by molar-refractivity contribution is 5.81. The van der Waals surface area contributed by atoms with Crippen LogP contribution in [0, 0.1) is 11.8 Å². The van der Waals surface area contributed by atoms with E-state index in [1.807, 2.05) is 0 Å². The van der Waals surface area contributed by atoms with Gasteiger partial charge in [0.05, 0.1) is 6.04 Å². The molecular formula is C10H21NO. The van der Waals surface area contributed by atoms with Crippen molar-refractivity contribution in [3.63, 3.8) is 0 Å². The third-order valence-corrected chi connectivity index (χ3v) is 2.28. The first-order valence-electron chi connectivity index (χ1n) is 4.71. The summed E-state index contributed by atoms with van der Waals surface area (Å²) < 4.78 is 0. The van der Waals surface area contributed by atoms with E-state index in [1.54, 1.807) is 6.92 Å². The van der Waals surface area contributed by atoms with Crippen LogP contribution < -0.4 is 5.73 Å². The monoisotopic (exact) mass is 171 g/mol. The molecule has 0 fully saturated rings. The molecule has 0 aromatic carbocycles. The van der Waals surface area contributed by atoms with Crippen LogP contribution in [0.3, 0.4) is 0 Å². The first-order valence-corrected chi connectivity index (χ1v) is 4.71. The Bertz CT molecular complexity index is 143. The van der Waals surface area contributed by atoms with Gasteiger partial charge in [-0.15, -0.1) is 0 Å². The fourth-order valence-electron chi connectivity index (χ4n) is 1.18. The number of Topliss-reactive ketones (excluding diaryl/α,β-unsaturated/α-hetero) is 1. The molecular weight excluding hydrogens is 150 g/mol. The number of nitrogens with two attached hydrogens (primary N) is 1. The van der Waals surface area contributed by atoms with Gasteiger partial charge < -0.3 is 5.73 Å². The maximum Gasteiger partial charge on any atom is 0.146 e. The molecule has 0 rings (SSSR count). The molecule has 0 aliphatic carbocycles. The standard InChI is InChI=1S/C10H21NO/c1-7(2)5-6-8(3)10(11)9(4)12/h7-8,10H,5-6,11H2,1-4H3/t8-,10-/m1/s1. The Labute approximate surface area is 75.5 Å². The van der Waals surface area contributed by atoms with E-state index >= 15 is 0 Å². The van der Waals surface area contributed by atoms with Crippen LogP contribution in [-0.2, 0) is 4.79 Å². The van der Waals surface area contributed by atoms with Gasteiger partial charge in [-0.05, 0) is 25.2 Å². The van der Waals surface area contributed by atoms with Crippen LogP contribution in [0.4, 0.5) is 0 Å². The summed E-state index contributed by atoms with van der Waals surface area (Å²) in [6.07, 6.45) is 2.21. The van der Waals surface area contributed by atoms with E-state index in [2.05, 4.69) is 20.8 Å². The molecule has 12 heavy (non-hydrogen) atoms. The first-order chi connectivity index (χ1) is 5.45. The minimum atomic E-state index is -0.260. The number of rotatable bonds is 5. The van der Waals surface area contributed by atoms with Crippen molar-refractivity contribution in [2.75, 3.05) is 0 Å². The minimum absolute atomic E-state index is 0.103. The van der Waals surface area contributed by atoms with Gasteiger partial charge in [-0.3, -0.25) is 4.79 Å². The number of hydrogen-bond donors (Lipinski definition) is 1. The topological polar surface area (TPSA) is 43.1 Å². The zero-order valence-electron chi connectivity index (χ0n) is 8.63. The number of hydrogen-bond acceptors (Lipinski definition) is 2. The average molecular weight is 171 g/mol. The highest BCUT2D eigenvalue weighted by Gasteiger charge is 2.16. The molecule has 0 amide bonds. The smallest absolute Gasteiger partial charge is 0.146 e. The lowest BCUT2D eigenvalue weighted by Crippen LogP contribution is -2.35. The number of carbonyl (C=O) groups is 1. The van der Waals surface area contributed by atoms with Crippen LogP contribution in [0.15, 0.2) is 0 Å². The fourth-order valence-corrected chi connectivity index (χ4v) is 1.18. The molecule has 0 aromatic heterocycles. The molecule has 2 nitrogen and oxygen atoms in total. The van der Waals surface area contributed by atoms with Crippen molar-refractivity contribution in [1.82, 2.24) is 0 Å². The molecule has 0 saturated heterocycles. The lowest BCUT2D eigenvalue weighted by molar-refractivity contribution is -0.119. The number of carbonyl (C=O) groups excluding carboxylic acids is 1. The molecule has 2 N–H and O–H groups in total. The maximum atomic E-state index is 10.9. The summed E-state index contributed by atoms with van der Waals surface area (Å²) in [6.45, 7) is 7.99. The molecule has 0 aliphatic heterocycles. The molecule has 0 unspecified atom stereocenters. The van der Waals surface area contributed by atoms with Gasteiger partial charge in [-0.25, -0.2) is 0 Å². The Hall–Kier alpha value is -0.370. The minimum Gasteiger partial charge on any atom is -0.321 e. The zero-order valence-corrected chi connectivity index (χ0v) is 8.63. The van der Waals surface area contributed by atoms with Gasteiger partial charge in [0, 0.05) is 0 Å². The molecule has 2 heteroatoms. The highest BCUT2D eigenvalue weighted by atomic mass is 16.1. The van der Waals surface area contributed by atoms with E-state index in [0.717, 1.165) is 12.8 Å². The largest absolute Gasteiger partial charge is 0.321 e. The molecule has 0 aromatic rings. The predicted octanol–water partition coefficient (Wildman–Crippen LogP) is 1.97. The second-order valence-corrected chi connectivity index (χ2v) is 4.08. The van der Waals surface area contributed by atoms with Crippen LogP contribution in [-0.4, -0.2) is 11.8 Å². The Kier molecular flexibility index (Phi) is 5.14. The normalized spacial score (nSPS) is 16.2. The third kappa shape index (κ3) is 4.50. The quantitative estimate of drug-likeness (QED) is 0.687. The van der Waals surface area contributed by atoms with Crippen LogP contribution in [0.2, 0.25) is 0 Å². The van der Waals surface area contributed by atoms with E-state index in [0.29, 0.717) is 11.8 Å². The van der Waals surface area contributed by atoms with Crippen molar-refractivity contribution in [2.24, 2.45) is 17.6 Å². The van der Waals surface area contributed by atoms with E-state index in [-0.39, 0.29) is 11.8 Å². The van der Waals surface area contributed by atoms with Gasteiger partial charge in [0.1, 0.15) is 5.78 Å². The van der Waals surface area contributed by atoms with E-state index in [1.165, 1.54) is 0 Å². The second-order valence-electron chi connectivity index (χ2n) is 4.08. The van der Waals surface area contributed by atoms with Gasteiger partial charge in [-0.1, -0.05) is 27.2 Å². The molecule has 0 saturated carbocycles. The maximum absolute atomic E-state index is 10.9. The third-order valence-electron chi connectivity index (χ3n) is 2.28. The van der Waals surface area contributed by atoms with Crippen molar-refractivity contribution in [2.45, 2.75) is 46.6 Å². The van der Waals surface area contributed by atoms with Crippen molar-refractivity contribution < 1.29 is 4.79 Å². The Morgan fingerprint density at radius 1 is 1.25 bits per heavy atom. The highest BCUT2D eigenvalue weighted by Crippen LogP contribution is 2.14. The summed E-state index contributed by atoms with van der Waals surface area (Å²) in [7, 11) is 0. The van der Waals surface area contributed by atoms with Gasteiger partial charge in [0.2, 0.25) is 0 Å². The molecule has 0 bridgehead atoms.